The Morgan fingerprint density at radius 1 is 1.18 bits per heavy atom. The molecule has 0 fully saturated rings. The third kappa shape index (κ3) is 3.98. The Balaban J connectivity index is 2.22. The van der Waals surface area contributed by atoms with Gasteiger partial charge in [0.15, 0.2) is 0 Å². The molecule has 22 heavy (non-hydrogen) atoms. The fraction of sp³-hybridized carbons (Fsp3) is 0.211. The molecule has 0 saturated heterocycles. The highest BCUT2D eigenvalue weighted by Gasteiger charge is 2.11. The number of ether oxygens (including phenoxy) is 1. The predicted molar refractivity (Wildman–Crippen MR) is 90.2 cm³/mol. The van der Waals surface area contributed by atoms with Crippen molar-refractivity contribution in [3.63, 3.8) is 0 Å². The van der Waals surface area contributed by atoms with E-state index in [0.29, 0.717) is 12.1 Å². The molecule has 0 atom stereocenters. The van der Waals surface area contributed by atoms with Crippen LogP contribution in [0, 0.1) is 0 Å². The number of methoxy groups -OCH3 is 1. The van der Waals surface area contributed by atoms with Crippen molar-refractivity contribution in [2.24, 2.45) is 0 Å². The molecular formula is C19H21NO2. The number of carbonyl (C=O) groups excluding carboxylic acids is 1. The molecule has 3 nitrogen and oxygen atoms in total. The summed E-state index contributed by atoms with van der Waals surface area (Å²) in [7, 11) is 1.64. The summed E-state index contributed by atoms with van der Waals surface area (Å²) in [6.45, 7) is 2.60. The Morgan fingerprint density at radius 2 is 1.95 bits per heavy atom. The zero-order valence-corrected chi connectivity index (χ0v) is 13.0. The topological polar surface area (TPSA) is 38.3 Å². The highest BCUT2D eigenvalue weighted by atomic mass is 16.5. The normalized spacial score (nSPS) is 10.6. The first-order valence-corrected chi connectivity index (χ1v) is 7.39. The summed E-state index contributed by atoms with van der Waals surface area (Å²) in [6.07, 6.45) is 4.85. The van der Waals surface area contributed by atoms with Crippen LogP contribution < -0.4 is 10.1 Å². The van der Waals surface area contributed by atoms with Crippen LogP contribution in [0.1, 0.15) is 23.7 Å². The maximum atomic E-state index is 12.2. The summed E-state index contributed by atoms with van der Waals surface area (Å²) in [4.78, 5) is 12.2. The van der Waals surface area contributed by atoms with E-state index in [0.717, 1.165) is 23.3 Å². The molecule has 0 radical (unpaired) electrons. The van der Waals surface area contributed by atoms with Gasteiger partial charge in [0.25, 0.3) is 5.91 Å². The number of nitrogens with one attached hydrogen (secondary N) is 1. The van der Waals surface area contributed by atoms with E-state index in [-0.39, 0.29) is 5.91 Å². The van der Waals surface area contributed by atoms with Crippen molar-refractivity contribution in [1.29, 1.82) is 0 Å². The van der Waals surface area contributed by atoms with E-state index in [9.17, 15) is 4.79 Å². The minimum absolute atomic E-state index is 0.0654. The van der Waals surface area contributed by atoms with E-state index in [1.54, 1.807) is 13.2 Å². The number of carbonyl (C=O) groups is 1. The Kier molecular flexibility index (Phi) is 5.78. The quantitative estimate of drug-likeness (QED) is 0.644. The standard InChI is InChI=1S/C19H21NO2/c1-3-4-8-13-20-19(21)16-11-12-18(22-2)17(14-16)15-9-6-5-7-10-15/h3-7,9-12,14H,8,13H2,1-2H3,(H,20,21)/b4-3+. The van der Waals surface area contributed by atoms with E-state index in [1.165, 1.54) is 0 Å². The minimum atomic E-state index is -0.0654. The summed E-state index contributed by atoms with van der Waals surface area (Å²) >= 11 is 0. The van der Waals surface area contributed by atoms with Gasteiger partial charge in [0.1, 0.15) is 5.75 Å². The van der Waals surface area contributed by atoms with E-state index in [2.05, 4.69) is 5.32 Å². The van der Waals surface area contributed by atoms with Crippen LogP contribution in [-0.4, -0.2) is 19.6 Å². The molecule has 0 bridgehead atoms. The zero-order chi connectivity index (χ0) is 15.8. The van der Waals surface area contributed by atoms with Gasteiger partial charge >= 0.3 is 0 Å². The number of hydrogen-bond donors (Lipinski definition) is 1. The molecule has 0 spiro atoms. The Labute approximate surface area is 131 Å². The number of hydrogen-bond acceptors (Lipinski definition) is 2. The van der Waals surface area contributed by atoms with Gasteiger partial charge in [-0.2, -0.15) is 0 Å². The van der Waals surface area contributed by atoms with Crippen LogP contribution in [0.2, 0.25) is 0 Å². The van der Waals surface area contributed by atoms with Gasteiger partial charge in [-0.1, -0.05) is 42.5 Å². The molecule has 0 heterocycles. The Hall–Kier alpha value is -2.55. The molecule has 0 unspecified atom stereocenters. The molecule has 0 saturated carbocycles. The summed E-state index contributed by atoms with van der Waals surface area (Å²) in [5.41, 5.74) is 2.59. The molecule has 114 valence electrons. The lowest BCUT2D eigenvalue weighted by molar-refractivity contribution is 0.0954. The van der Waals surface area contributed by atoms with Crippen LogP contribution in [0.25, 0.3) is 11.1 Å². The van der Waals surface area contributed by atoms with Crippen LogP contribution in [0.3, 0.4) is 0 Å². The molecule has 2 rings (SSSR count). The number of amides is 1. The van der Waals surface area contributed by atoms with Gasteiger partial charge in [0, 0.05) is 17.7 Å². The second-order valence-electron chi connectivity index (χ2n) is 4.89. The van der Waals surface area contributed by atoms with Crippen molar-refractivity contribution >= 4 is 5.91 Å². The summed E-state index contributed by atoms with van der Waals surface area (Å²) in [5, 5.41) is 2.92. The van der Waals surface area contributed by atoms with Gasteiger partial charge in [-0.15, -0.1) is 0 Å². The SMILES string of the molecule is C/C=C/CCNC(=O)c1ccc(OC)c(-c2ccccc2)c1. The van der Waals surface area contributed by atoms with Gasteiger partial charge in [-0.25, -0.2) is 0 Å². The fourth-order valence-corrected chi connectivity index (χ4v) is 2.23. The van der Waals surface area contributed by atoms with Gasteiger partial charge < -0.3 is 10.1 Å². The lowest BCUT2D eigenvalue weighted by Crippen LogP contribution is -2.24. The van der Waals surface area contributed by atoms with E-state index in [1.807, 2.05) is 61.5 Å². The maximum absolute atomic E-state index is 12.2. The number of benzene rings is 2. The number of rotatable bonds is 6. The van der Waals surface area contributed by atoms with Crippen LogP contribution >= 0.6 is 0 Å². The Morgan fingerprint density at radius 3 is 2.64 bits per heavy atom. The highest BCUT2D eigenvalue weighted by molar-refractivity contribution is 5.96. The molecule has 2 aromatic carbocycles. The van der Waals surface area contributed by atoms with E-state index < -0.39 is 0 Å². The smallest absolute Gasteiger partial charge is 0.251 e. The second kappa shape index (κ2) is 8.03. The largest absolute Gasteiger partial charge is 0.496 e. The summed E-state index contributed by atoms with van der Waals surface area (Å²) in [5.74, 6) is 0.695. The van der Waals surface area contributed by atoms with Crippen molar-refractivity contribution in [3.8, 4) is 16.9 Å². The average Bonchev–Trinajstić information content (AvgIpc) is 2.58. The summed E-state index contributed by atoms with van der Waals surface area (Å²) < 4.78 is 5.41. The molecular weight excluding hydrogens is 274 g/mol. The van der Waals surface area contributed by atoms with Crippen LogP contribution in [0.5, 0.6) is 5.75 Å². The molecule has 0 aliphatic carbocycles. The van der Waals surface area contributed by atoms with Gasteiger partial charge in [-0.3, -0.25) is 4.79 Å². The molecule has 3 heteroatoms. The van der Waals surface area contributed by atoms with Gasteiger partial charge in [-0.05, 0) is 37.1 Å². The molecule has 0 aliphatic rings. The number of allylic oxidation sites excluding steroid dienone is 1. The summed E-state index contributed by atoms with van der Waals surface area (Å²) in [6, 6.07) is 15.4. The third-order valence-corrected chi connectivity index (χ3v) is 3.38. The van der Waals surface area contributed by atoms with Gasteiger partial charge in [0.05, 0.1) is 7.11 Å². The molecule has 0 aliphatic heterocycles. The van der Waals surface area contributed by atoms with Crippen molar-refractivity contribution in [2.45, 2.75) is 13.3 Å². The minimum Gasteiger partial charge on any atom is -0.496 e. The van der Waals surface area contributed by atoms with Crippen molar-refractivity contribution in [1.82, 2.24) is 5.32 Å². The predicted octanol–water partition coefficient (Wildman–Crippen LogP) is 4.06. The first kappa shape index (κ1) is 15.8. The molecule has 0 aromatic heterocycles. The van der Waals surface area contributed by atoms with E-state index >= 15 is 0 Å². The van der Waals surface area contributed by atoms with Crippen molar-refractivity contribution < 1.29 is 9.53 Å². The third-order valence-electron chi connectivity index (χ3n) is 3.38. The first-order chi connectivity index (χ1) is 10.8. The first-order valence-electron chi connectivity index (χ1n) is 7.39. The molecule has 1 amide bonds. The van der Waals surface area contributed by atoms with Crippen LogP contribution in [0.15, 0.2) is 60.7 Å². The van der Waals surface area contributed by atoms with Crippen molar-refractivity contribution in [3.05, 3.63) is 66.2 Å². The van der Waals surface area contributed by atoms with Gasteiger partial charge in [0.2, 0.25) is 0 Å². The van der Waals surface area contributed by atoms with E-state index in [4.69, 9.17) is 4.74 Å². The second-order valence-corrected chi connectivity index (χ2v) is 4.89. The van der Waals surface area contributed by atoms with Crippen LogP contribution in [0.4, 0.5) is 0 Å². The average molecular weight is 295 g/mol. The molecule has 2 aromatic rings. The Bertz CT molecular complexity index is 648. The zero-order valence-electron chi connectivity index (χ0n) is 13.0. The highest BCUT2D eigenvalue weighted by Crippen LogP contribution is 2.30. The molecule has 1 N–H and O–H groups in total. The van der Waals surface area contributed by atoms with Crippen LogP contribution in [-0.2, 0) is 0 Å². The lowest BCUT2D eigenvalue weighted by Gasteiger charge is -2.11. The van der Waals surface area contributed by atoms with Crippen molar-refractivity contribution in [2.75, 3.05) is 13.7 Å². The maximum Gasteiger partial charge on any atom is 0.251 e. The lowest BCUT2D eigenvalue weighted by atomic mass is 10.0. The monoisotopic (exact) mass is 295 g/mol. The fourth-order valence-electron chi connectivity index (χ4n) is 2.23.